The molecular weight excluding hydrogens is 348 g/mol. The molecule has 1 heterocycles. The zero-order valence-electron chi connectivity index (χ0n) is 15.7. The third-order valence-electron chi connectivity index (χ3n) is 4.95. The summed E-state index contributed by atoms with van der Waals surface area (Å²) in [7, 11) is 1.48. The number of carbonyl (C=O) groups is 4. The molecule has 1 aromatic carbocycles. The van der Waals surface area contributed by atoms with Crippen LogP contribution in [0.25, 0.3) is 0 Å². The van der Waals surface area contributed by atoms with Crippen LogP contribution in [0.15, 0.2) is 24.3 Å². The first-order valence-corrected chi connectivity index (χ1v) is 8.95. The van der Waals surface area contributed by atoms with Crippen molar-refractivity contribution in [2.75, 3.05) is 20.1 Å². The molecule has 2 aliphatic rings. The molecule has 1 aliphatic heterocycles. The first-order valence-electron chi connectivity index (χ1n) is 8.95. The molecular formula is C19H24N4O4. The van der Waals surface area contributed by atoms with E-state index in [4.69, 9.17) is 0 Å². The van der Waals surface area contributed by atoms with Crippen molar-refractivity contribution in [3.8, 4) is 0 Å². The van der Waals surface area contributed by atoms with Gasteiger partial charge in [0, 0.05) is 13.1 Å². The summed E-state index contributed by atoms with van der Waals surface area (Å²) in [5.74, 6) is -1.20. The lowest BCUT2D eigenvalue weighted by Crippen LogP contribution is -2.46. The van der Waals surface area contributed by atoms with E-state index < -0.39 is 29.9 Å². The number of rotatable bonds is 6. The Morgan fingerprint density at radius 2 is 1.89 bits per heavy atom. The maximum Gasteiger partial charge on any atom is 0.325 e. The lowest BCUT2D eigenvalue weighted by molar-refractivity contribution is -0.139. The minimum Gasteiger partial charge on any atom is -0.352 e. The summed E-state index contributed by atoms with van der Waals surface area (Å²) < 4.78 is 0. The van der Waals surface area contributed by atoms with E-state index in [0.29, 0.717) is 5.56 Å². The van der Waals surface area contributed by atoms with Crippen LogP contribution in [0.3, 0.4) is 0 Å². The van der Waals surface area contributed by atoms with Crippen LogP contribution in [0, 0.1) is 6.92 Å². The lowest BCUT2D eigenvalue weighted by atomic mass is 9.91. The Labute approximate surface area is 157 Å². The molecule has 144 valence electrons. The van der Waals surface area contributed by atoms with E-state index in [1.165, 1.54) is 11.9 Å². The molecule has 0 radical (unpaired) electrons. The predicted octanol–water partition coefficient (Wildman–Crippen LogP) is 0.499. The number of nitrogens with one attached hydrogen (secondary N) is 2. The second-order valence-corrected chi connectivity index (χ2v) is 7.40. The number of benzene rings is 1. The van der Waals surface area contributed by atoms with Crippen molar-refractivity contribution < 1.29 is 19.2 Å². The molecule has 0 spiro atoms. The van der Waals surface area contributed by atoms with E-state index >= 15 is 0 Å². The number of aryl methyl sites for hydroxylation is 1. The van der Waals surface area contributed by atoms with Gasteiger partial charge >= 0.3 is 6.03 Å². The number of carbonyl (C=O) groups excluding carboxylic acids is 4. The maximum atomic E-state index is 12.8. The molecule has 8 heteroatoms. The van der Waals surface area contributed by atoms with E-state index in [9.17, 15) is 19.2 Å². The summed E-state index contributed by atoms with van der Waals surface area (Å²) in [5.41, 5.74) is 0.475. The van der Waals surface area contributed by atoms with Crippen molar-refractivity contribution in [1.82, 2.24) is 20.4 Å². The van der Waals surface area contributed by atoms with Gasteiger partial charge in [0.15, 0.2) is 0 Å². The lowest BCUT2D eigenvalue weighted by Gasteiger charge is -2.23. The van der Waals surface area contributed by atoms with Gasteiger partial charge in [0.25, 0.3) is 5.91 Å². The van der Waals surface area contributed by atoms with Crippen LogP contribution in [-0.4, -0.2) is 59.7 Å². The van der Waals surface area contributed by atoms with Crippen molar-refractivity contribution in [3.05, 3.63) is 35.4 Å². The number of urea groups is 1. The molecule has 2 N–H and O–H groups in total. The summed E-state index contributed by atoms with van der Waals surface area (Å²) in [6.45, 7) is 3.05. The van der Waals surface area contributed by atoms with Crippen LogP contribution in [-0.2, 0) is 19.9 Å². The first kappa shape index (κ1) is 18.9. The monoisotopic (exact) mass is 372 g/mol. The van der Waals surface area contributed by atoms with Crippen LogP contribution < -0.4 is 10.6 Å². The molecule has 1 saturated heterocycles. The third-order valence-corrected chi connectivity index (χ3v) is 4.95. The molecule has 1 atom stereocenters. The van der Waals surface area contributed by atoms with Gasteiger partial charge in [-0.05, 0) is 32.3 Å². The highest BCUT2D eigenvalue weighted by Crippen LogP contribution is 2.29. The van der Waals surface area contributed by atoms with Crippen LogP contribution in [0.1, 0.15) is 30.9 Å². The van der Waals surface area contributed by atoms with Crippen LogP contribution in [0.5, 0.6) is 0 Å². The Hall–Kier alpha value is -2.90. The van der Waals surface area contributed by atoms with Gasteiger partial charge in [0.2, 0.25) is 11.8 Å². The van der Waals surface area contributed by atoms with Crippen molar-refractivity contribution in [2.45, 2.75) is 38.3 Å². The number of hydrogen-bond donors (Lipinski definition) is 2. The minimum absolute atomic E-state index is 0.103. The Morgan fingerprint density at radius 1 is 1.26 bits per heavy atom. The SMILES string of the molecule is Cc1ccc([C@@]2(C)NC(=O)N(CC(=O)N(C)CC(=O)NC3CC3)C2=O)cc1. The first-order chi connectivity index (χ1) is 12.7. The zero-order valence-corrected chi connectivity index (χ0v) is 15.7. The fourth-order valence-electron chi connectivity index (χ4n) is 2.98. The van der Waals surface area contributed by atoms with Crippen LogP contribution >= 0.6 is 0 Å². The number of nitrogens with zero attached hydrogens (tertiary/aromatic N) is 2. The third kappa shape index (κ3) is 3.94. The molecule has 0 unspecified atom stereocenters. The normalized spacial score (nSPS) is 21.8. The topological polar surface area (TPSA) is 98.8 Å². The number of imide groups is 1. The van der Waals surface area contributed by atoms with Gasteiger partial charge in [-0.2, -0.15) is 0 Å². The zero-order chi connectivity index (χ0) is 19.8. The predicted molar refractivity (Wildman–Crippen MR) is 97.6 cm³/mol. The molecule has 8 nitrogen and oxygen atoms in total. The molecule has 2 fully saturated rings. The molecule has 1 saturated carbocycles. The second kappa shape index (κ2) is 7.02. The van der Waals surface area contributed by atoms with Gasteiger partial charge in [-0.3, -0.25) is 19.3 Å². The summed E-state index contributed by atoms with van der Waals surface area (Å²) in [6.07, 6.45) is 1.92. The smallest absolute Gasteiger partial charge is 0.325 e. The largest absolute Gasteiger partial charge is 0.352 e. The van der Waals surface area contributed by atoms with Crippen molar-refractivity contribution >= 4 is 23.8 Å². The highest BCUT2D eigenvalue weighted by molar-refractivity contribution is 6.09. The Bertz CT molecular complexity index is 787. The summed E-state index contributed by atoms with van der Waals surface area (Å²) in [5, 5.41) is 5.47. The fourth-order valence-corrected chi connectivity index (χ4v) is 2.98. The molecule has 27 heavy (non-hydrogen) atoms. The average Bonchev–Trinajstić information content (AvgIpc) is 3.39. The fraction of sp³-hybridized carbons (Fsp3) is 0.474. The van der Waals surface area contributed by atoms with Gasteiger partial charge in [0.05, 0.1) is 6.54 Å². The van der Waals surface area contributed by atoms with Gasteiger partial charge in [-0.1, -0.05) is 29.8 Å². The van der Waals surface area contributed by atoms with E-state index in [-0.39, 0.29) is 18.5 Å². The summed E-state index contributed by atoms with van der Waals surface area (Å²) in [4.78, 5) is 51.5. The molecule has 0 bridgehead atoms. The Balaban J connectivity index is 1.65. The van der Waals surface area contributed by atoms with Crippen LogP contribution in [0.4, 0.5) is 4.79 Å². The van der Waals surface area contributed by atoms with Gasteiger partial charge in [-0.25, -0.2) is 4.79 Å². The average molecular weight is 372 g/mol. The molecule has 1 aromatic rings. The van der Waals surface area contributed by atoms with Crippen LogP contribution in [0.2, 0.25) is 0 Å². The minimum atomic E-state index is -1.22. The summed E-state index contributed by atoms with van der Waals surface area (Å²) in [6, 6.07) is 6.88. The Morgan fingerprint density at radius 3 is 2.48 bits per heavy atom. The quantitative estimate of drug-likeness (QED) is 0.711. The van der Waals surface area contributed by atoms with E-state index in [1.54, 1.807) is 19.1 Å². The highest BCUT2D eigenvalue weighted by Gasteiger charge is 2.49. The molecule has 0 aromatic heterocycles. The number of hydrogen-bond acceptors (Lipinski definition) is 4. The maximum absolute atomic E-state index is 12.8. The van der Waals surface area contributed by atoms with Crippen molar-refractivity contribution in [1.29, 1.82) is 0 Å². The molecule has 3 rings (SSSR count). The second-order valence-electron chi connectivity index (χ2n) is 7.40. The van der Waals surface area contributed by atoms with Gasteiger partial charge < -0.3 is 15.5 Å². The van der Waals surface area contributed by atoms with E-state index in [2.05, 4.69) is 10.6 Å². The van der Waals surface area contributed by atoms with Crippen molar-refractivity contribution in [3.63, 3.8) is 0 Å². The van der Waals surface area contributed by atoms with Gasteiger partial charge in [-0.15, -0.1) is 0 Å². The number of amides is 5. The summed E-state index contributed by atoms with van der Waals surface area (Å²) >= 11 is 0. The number of likely N-dealkylation sites (N-methyl/N-ethyl adjacent to an activating group) is 1. The van der Waals surface area contributed by atoms with Crippen molar-refractivity contribution in [2.24, 2.45) is 0 Å². The highest BCUT2D eigenvalue weighted by atomic mass is 16.2. The molecule has 5 amide bonds. The standard InChI is InChI=1S/C19H24N4O4/c1-12-4-6-13(7-5-12)19(2)17(26)23(18(27)21-19)11-16(25)22(3)10-15(24)20-14-8-9-14/h4-7,14H,8-11H2,1-3H3,(H,20,24)(H,21,27)/t19-/m1/s1. The Kier molecular flexibility index (Phi) is 4.91. The van der Waals surface area contributed by atoms with E-state index in [1.807, 2.05) is 19.1 Å². The van der Waals surface area contributed by atoms with Gasteiger partial charge in [0.1, 0.15) is 12.1 Å². The molecule has 1 aliphatic carbocycles. The van der Waals surface area contributed by atoms with E-state index in [0.717, 1.165) is 23.3 Å².